The summed E-state index contributed by atoms with van der Waals surface area (Å²) in [7, 11) is 0. The van der Waals surface area contributed by atoms with Gasteiger partial charge in [0.2, 0.25) is 88.6 Å². The van der Waals surface area contributed by atoms with Crippen LogP contribution in [0.3, 0.4) is 0 Å². The van der Waals surface area contributed by atoms with Crippen molar-refractivity contribution in [2.24, 2.45) is 5.92 Å². The first-order chi connectivity index (χ1) is 48.3. The van der Waals surface area contributed by atoms with Crippen LogP contribution in [0.4, 0.5) is 0 Å². The minimum Gasteiger partial charge on any atom is -0.508 e. The number of phenols is 1. The maximum atomic E-state index is 14.0. The minimum absolute atomic E-state index is 0.142. The number of thiol groups is 4. The number of carboxylic acids is 2. The molecule has 0 aliphatic carbocycles. The number of phenolic OH excluding ortho intramolecular Hbond substituents is 1. The van der Waals surface area contributed by atoms with E-state index in [4.69, 9.17) is 5.11 Å². The molecular weight excluding hydrogens is 1440 g/mol. The molecule has 0 bridgehead atoms. The molecule has 1 aliphatic rings. The molecule has 1 heterocycles. The number of benzene rings is 1. The molecule has 17 atom stereocenters. The number of hydrogen-bond donors (Lipinski definition) is 25. The Labute approximate surface area is 615 Å². The third-order valence-electron chi connectivity index (χ3n) is 15.7. The van der Waals surface area contributed by atoms with E-state index in [0.29, 0.717) is 18.5 Å². The highest BCUT2D eigenvalue weighted by Crippen LogP contribution is 2.14. The number of nitrogens with one attached hydrogen (secondary N) is 16. The second-order valence-electron chi connectivity index (χ2n) is 24.2. The number of aromatic hydroxyl groups is 1. The Balaban J connectivity index is 2.15. The van der Waals surface area contributed by atoms with Gasteiger partial charge in [0.15, 0.2) is 0 Å². The van der Waals surface area contributed by atoms with Crippen LogP contribution >= 0.6 is 50.5 Å². The Morgan fingerprint density at radius 2 is 0.825 bits per heavy atom. The molecule has 21 N–H and O–H groups in total. The van der Waals surface area contributed by atoms with Crippen molar-refractivity contribution in [1.82, 2.24) is 85.1 Å². The molecule has 103 heavy (non-hydrogen) atoms. The van der Waals surface area contributed by atoms with Gasteiger partial charge in [-0.25, -0.2) is 4.79 Å². The van der Waals surface area contributed by atoms with Gasteiger partial charge < -0.3 is 111 Å². The van der Waals surface area contributed by atoms with Crippen molar-refractivity contribution >= 4 is 151 Å². The average molecular weight is 1530 g/mol. The zero-order valence-corrected chi connectivity index (χ0v) is 61.4. The Bertz CT molecular complexity index is 3170. The van der Waals surface area contributed by atoms with Gasteiger partial charge in [0.05, 0.1) is 31.3 Å². The fourth-order valence-corrected chi connectivity index (χ4v) is 10.3. The predicted octanol–water partition coefficient (Wildman–Crippen LogP) is -8.22. The van der Waals surface area contributed by atoms with Gasteiger partial charge in [-0.05, 0) is 91.0 Å². The average Bonchev–Trinajstić information content (AvgIpc) is 1.42. The molecule has 0 spiro atoms. The van der Waals surface area contributed by atoms with E-state index in [2.05, 4.69) is 136 Å². The monoisotopic (exact) mass is 1530 g/mol. The van der Waals surface area contributed by atoms with Crippen LogP contribution in [0.1, 0.15) is 93.1 Å². The molecule has 1 fully saturated rings. The summed E-state index contributed by atoms with van der Waals surface area (Å²) < 4.78 is 0. The normalized spacial score (nSPS) is 17.1. The molecule has 1 aliphatic heterocycles. The molecule has 0 aromatic heterocycles. The number of amides is 15. The Kier molecular flexibility index (Phi) is 39.8. The second kappa shape index (κ2) is 45.4. The number of hydrogen-bond acceptors (Lipinski definition) is 25. The molecule has 0 saturated carbocycles. The third-order valence-corrected chi connectivity index (χ3v) is 17.2. The second-order valence-corrected chi connectivity index (χ2v) is 25.6. The summed E-state index contributed by atoms with van der Waals surface area (Å²) in [5.74, 6) is -19.3. The molecule has 576 valence electrons. The van der Waals surface area contributed by atoms with Crippen LogP contribution in [-0.4, -0.2) is 266 Å². The van der Waals surface area contributed by atoms with Gasteiger partial charge in [0.1, 0.15) is 84.3 Å². The lowest BCUT2D eigenvalue weighted by atomic mass is 9.97. The number of carboxylic acid groups (broad SMARTS) is 2. The van der Waals surface area contributed by atoms with E-state index in [1.54, 1.807) is 13.8 Å². The summed E-state index contributed by atoms with van der Waals surface area (Å²) in [6, 6.07) is -14.7. The smallest absolute Gasteiger partial charge is 0.327 e. The summed E-state index contributed by atoms with van der Waals surface area (Å²) in [5, 5.41) is 87.5. The van der Waals surface area contributed by atoms with Crippen LogP contribution in [0.2, 0.25) is 0 Å². The van der Waals surface area contributed by atoms with Gasteiger partial charge >= 0.3 is 11.9 Å². The first-order valence-corrected chi connectivity index (χ1v) is 35.1. The van der Waals surface area contributed by atoms with Crippen LogP contribution in [-0.2, 0) is 87.9 Å². The highest BCUT2D eigenvalue weighted by Gasteiger charge is 2.38. The maximum absolute atomic E-state index is 14.0. The lowest BCUT2D eigenvalue weighted by Crippen LogP contribution is -2.61. The molecule has 0 radical (unpaired) electrons. The molecule has 2 rings (SSSR count). The van der Waals surface area contributed by atoms with Crippen molar-refractivity contribution in [3.63, 3.8) is 0 Å². The van der Waals surface area contributed by atoms with Crippen molar-refractivity contribution in [1.29, 1.82) is 0 Å². The maximum Gasteiger partial charge on any atom is 0.327 e. The molecular formula is C61H96N16O22S4. The molecule has 1 aromatic rings. The van der Waals surface area contributed by atoms with E-state index in [1.807, 2.05) is 0 Å². The number of aliphatic hydroxyl groups excluding tert-OH is 2. The summed E-state index contributed by atoms with van der Waals surface area (Å²) in [6.45, 7) is 9.73. The minimum atomic E-state index is -1.69. The van der Waals surface area contributed by atoms with Gasteiger partial charge in [-0.2, -0.15) is 50.5 Å². The number of rotatable bonds is 44. The van der Waals surface area contributed by atoms with Crippen LogP contribution in [0.5, 0.6) is 5.75 Å². The SMILES string of the molecule is CC[C@H](C)[C@H](NC(=O)[C@H](CCC(=O)O)NC(=O)[C@H](CS)NC(=O)[C@@H](NC(=O)CNC(=O)[C@@H]1CCCN1)[C@@H](C)O)C(=O)N[C@@H](C)C(=O)N[C@@H](CS)C(=O)N[C@@H](C)C(=O)N[C@@H](Cc1ccc(O)cc1)C(=O)N[C@@H](C)C(=O)N[C@@H](C)C(=O)N[C@@H](CS)C(=O)N[C@H](C(=O)NCC(=O)N[C@@H](CS)C(=O)O)[C@@H](C)O. The van der Waals surface area contributed by atoms with E-state index in [0.717, 1.165) is 13.3 Å². The third kappa shape index (κ3) is 31.4. The molecule has 38 nitrogen and oxygen atoms in total. The first-order valence-electron chi connectivity index (χ1n) is 32.6. The lowest BCUT2D eigenvalue weighted by molar-refractivity contribution is -0.141. The molecule has 1 aromatic carbocycles. The molecule has 42 heteroatoms. The summed E-state index contributed by atoms with van der Waals surface area (Å²) >= 11 is 16.2. The quantitative estimate of drug-likeness (QED) is 0.0270. The predicted molar refractivity (Wildman–Crippen MR) is 379 cm³/mol. The van der Waals surface area contributed by atoms with E-state index in [-0.39, 0.29) is 35.8 Å². The fourth-order valence-electron chi connectivity index (χ4n) is 9.30. The van der Waals surface area contributed by atoms with Crippen molar-refractivity contribution in [2.75, 3.05) is 42.6 Å². The van der Waals surface area contributed by atoms with Gasteiger partial charge in [-0.15, -0.1) is 0 Å². The van der Waals surface area contributed by atoms with E-state index in [9.17, 15) is 102 Å². The molecule has 1 saturated heterocycles. The van der Waals surface area contributed by atoms with Gasteiger partial charge in [-0.3, -0.25) is 76.7 Å². The highest BCUT2D eigenvalue weighted by atomic mass is 32.1. The Morgan fingerprint density at radius 1 is 0.447 bits per heavy atom. The number of carbonyl (C=O) groups excluding carboxylic acids is 15. The van der Waals surface area contributed by atoms with Crippen LogP contribution in [0.25, 0.3) is 0 Å². The summed E-state index contributed by atoms with van der Waals surface area (Å²) in [6.07, 6.45) is -3.05. The largest absolute Gasteiger partial charge is 0.508 e. The van der Waals surface area contributed by atoms with Crippen molar-refractivity contribution < 1.29 is 107 Å². The number of aliphatic carboxylic acids is 2. The van der Waals surface area contributed by atoms with Crippen LogP contribution in [0, 0.1) is 5.92 Å². The van der Waals surface area contributed by atoms with Crippen molar-refractivity contribution in [2.45, 2.75) is 191 Å². The zero-order valence-electron chi connectivity index (χ0n) is 57.8. The Morgan fingerprint density at radius 3 is 1.28 bits per heavy atom. The standard InChI is InChI=1S/C61H96N16O22S4/c1-9-26(2)45(76-53(90)36(16-17-44(83)84)70-56(93)39(23-101)74-60(97)47(32(8)79)75-43(82)21-63-52(89)35-11-10-18-62-35)59(96)68-30(6)51(88)72-38(22-100)55(92)67-29(5)49(86)71-37(19-33-12-14-34(80)15-13-33)54(91)66-27(3)48(85)65-28(4)50(87)73-40(24-102)57(94)77-46(31(7)78)58(95)64-20-42(81)69-41(25-103)61(98)99/h12-15,26-32,35-41,45-47,62,78-80,100-103H,9-11,16-25H2,1-8H3,(H,63,89)(H,64,95)(H,65,85)(H,66,91)(H,67,92)(H,68,96)(H,69,81)(H,70,93)(H,71,86)(H,72,88)(H,73,87)(H,74,97)(H,75,82)(H,76,90)(H,77,94)(H,83,84)(H,98,99)/t26-,27-,28-,29-,30-,31+,32+,35-,36-,37-,38-,39-,40-,41-,45-,46-,47-/m0/s1. The van der Waals surface area contributed by atoms with Crippen molar-refractivity contribution in [3.05, 3.63) is 29.8 Å². The first kappa shape index (κ1) is 90.4. The van der Waals surface area contributed by atoms with Crippen LogP contribution in [0.15, 0.2) is 24.3 Å². The number of aliphatic hydroxyl groups is 2. The summed E-state index contributed by atoms with van der Waals surface area (Å²) in [4.78, 5) is 223. The van der Waals surface area contributed by atoms with E-state index in [1.165, 1.54) is 58.9 Å². The zero-order chi connectivity index (χ0) is 78.1. The Hall–Kier alpha value is -8.71. The lowest BCUT2D eigenvalue weighted by Gasteiger charge is -2.29. The van der Waals surface area contributed by atoms with Gasteiger partial charge in [0.25, 0.3) is 0 Å². The van der Waals surface area contributed by atoms with Gasteiger partial charge in [-0.1, -0.05) is 32.4 Å². The van der Waals surface area contributed by atoms with E-state index < -0.39 is 235 Å². The number of carbonyl (C=O) groups is 17. The molecule has 15 amide bonds. The highest BCUT2D eigenvalue weighted by molar-refractivity contribution is 7.80. The topological polar surface area (TPSA) is 584 Å². The molecule has 0 unspecified atom stereocenters. The van der Waals surface area contributed by atoms with Gasteiger partial charge in [0, 0.05) is 35.9 Å². The fraction of sp³-hybridized carbons (Fsp3) is 0.623. The van der Waals surface area contributed by atoms with Crippen LogP contribution < -0.4 is 85.1 Å². The van der Waals surface area contributed by atoms with E-state index >= 15 is 0 Å². The van der Waals surface area contributed by atoms with Crippen molar-refractivity contribution in [3.8, 4) is 5.75 Å². The summed E-state index contributed by atoms with van der Waals surface area (Å²) in [5.41, 5.74) is 0.388.